The maximum Gasteiger partial charge on any atom is 0.263 e. The van der Waals surface area contributed by atoms with E-state index in [0.29, 0.717) is 10.9 Å². The van der Waals surface area contributed by atoms with E-state index in [1.54, 1.807) is 13.1 Å². The molecule has 2 atom stereocenters. The molecule has 1 heterocycles. The minimum atomic E-state index is -3.07. The van der Waals surface area contributed by atoms with Gasteiger partial charge >= 0.3 is 0 Å². The summed E-state index contributed by atoms with van der Waals surface area (Å²) in [7, 11) is -1.52. The van der Waals surface area contributed by atoms with Crippen LogP contribution in [-0.4, -0.2) is 49.9 Å². The molecule has 1 aromatic rings. The molecule has 0 radical (unpaired) electrons. The highest BCUT2D eigenvalue weighted by molar-refractivity contribution is 9.10. The number of sulfone groups is 1. The summed E-state index contributed by atoms with van der Waals surface area (Å²) in [6.45, 7) is 1.52. The van der Waals surface area contributed by atoms with Gasteiger partial charge in [-0.1, -0.05) is 15.9 Å². The normalized spacial score (nSPS) is 21.4. The summed E-state index contributed by atoms with van der Waals surface area (Å²) in [5.41, 5.74) is 0. The molecule has 0 unspecified atom stereocenters. The topological polar surface area (TPSA) is 63.7 Å². The number of carbonyl (C=O) groups is 1. The zero-order valence-corrected chi connectivity index (χ0v) is 14.7. The minimum absolute atomic E-state index is 0.0171. The third kappa shape index (κ3) is 3.98. The smallest absolute Gasteiger partial charge is 0.263 e. The summed E-state index contributed by atoms with van der Waals surface area (Å²) in [5.74, 6) is -0.901. The summed E-state index contributed by atoms with van der Waals surface area (Å²) >= 11 is 3.14. The first-order valence-electron chi connectivity index (χ1n) is 6.78. The Morgan fingerprint density at radius 1 is 1.50 bits per heavy atom. The summed E-state index contributed by atoms with van der Waals surface area (Å²) in [6, 6.07) is 3.95. The lowest BCUT2D eigenvalue weighted by Crippen LogP contribution is -2.44. The first-order valence-corrected chi connectivity index (χ1v) is 9.40. The molecule has 1 fully saturated rings. The quantitative estimate of drug-likeness (QED) is 0.784. The van der Waals surface area contributed by atoms with Gasteiger partial charge in [-0.25, -0.2) is 12.8 Å². The Hall–Kier alpha value is -1.15. The van der Waals surface area contributed by atoms with Gasteiger partial charge in [-0.2, -0.15) is 0 Å². The molecule has 1 aromatic carbocycles. The van der Waals surface area contributed by atoms with Gasteiger partial charge in [0.1, 0.15) is 0 Å². The zero-order valence-electron chi connectivity index (χ0n) is 12.3. The minimum Gasteiger partial charge on any atom is -0.478 e. The first kappa shape index (κ1) is 17.2. The van der Waals surface area contributed by atoms with Gasteiger partial charge in [0.05, 0.1) is 11.5 Å². The van der Waals surface area contributed by atoms with Crippen molar-refractivity contribution in [2.75, 3.05) is 18.6 Å². The third-order valence-corrected chi connectivity index (χ3v) is 5.89. The summed E-state index contributed by atoms with van der Waals surface area (Å²) < 4.78 is 42.6. The Morgan fingerprint density at radius 3 is 2.73 bits per heavy atom. The van der Waals surface area contributed by atoms with Crippen molar-refractivity contribution in [3.8, 4) is 5.75 Å². The average Bonchev–Trinajstić information content (AvgIpc) is 2.80. The lowest BCUT2D eigenvalue weighted by atomic mass is 10.2. The predicted molar refractivity (Wildman–Crippen MR) is 84.0 cm³/mol. The van der Waals surface area contributed by atoms with Crippen LogP contribution in [0.4, 0.5) is 4.39 Å². The Kier molecular flexibility index (Phi) is 5.11. The van der Waals surface area contributed by atoms with E-state index in [2.05, 4.69) is 15.9 Å². The van der Waals surface area contributed by atoms with E-state index in [1.807, 2.05) is 0 Å². The molecule has 2 rings (SSSR count). The van der Waals surface area contributed by atoms with Gasteiger partial charge in [0.25, 0.3) is 5.91 Å². The molecule has 1 aliphatic heterocycles. The molecule has 8 heteroatoms. The van der Waals surface area contributed by atoms with E-state index in [4.69, 9.17) is 4.74 Å². The van der Waals surface area contributed by atoms with Gasteiger partial charge < -0.3 is 9.64 Å². The predicted octanol–water partition coefficient (Wildman–Crippen LogP) is 2.00. The molecule has 1 aliphatic rings. The van der Waals surface area contributed by atoms with Crippen molar-refractivity contribution in [3.63, 3.8) is 0 Å². The van der Waals surface area contributed by atoms with Crippen LogP contribution < -0.4 is 4.74 Å². The van der Waals surface area contributed by atoms with Crippen LogP contribution in [0, 0.1) is 5.82 Å². The number of likely N-dealkylation sites (N-methyl/N-ethyl adjacent to an activating group) is 1. The van der Waals surface area contributed by atoms with Gasteiger partial charge in [-0.15, -0.1) is 0 Å². The lowest BCUT2D eigenvalue weighted by molar-refractivity contribution is -0.138. The van der Waals surface area contributed by atoms with Crippen LogP contribution in [0.3, 0.4) is 0 Å². The Labute approximate surface area is 137 Å². The Morgan fingerprint density at radius 2 is 2.18 bits per heavy atom. The molecule has 0 aliphatic carbocycles. The molecular formula is C14H17BrFNO4S. The molecule has 1 amide bonds. The molecule has 22 heavy (non-hydrogen) atoms. The third-order valence-electron chi connectivity index (χ3n) is 3.65. The fraction of sp³-hybridized carbons (Fsp3) is 0.500. The van der Waals surface area contributed by atoms with Gasteiger partial charge in [-0.3, -0.25) is 4.79 Å². The first-order chi connectivity index (χ1) is 10.2. The lowest BCUT2D eigenvalue weighted by Gasteiger charge is -2.26. The highest BCUT2D eigenvalue weighted by Crippen LogP contribution is 2.23. The van der Waals surface area contributed by atoms with Crippen LogP contribution in [0.15, 0.2) is 22.7 Å². The van der Waals surface area contributed by atoms with E-state index < -0.39 is 21.8 Å². The summed E-state index contributed by atoms with van der Waals surface area (Å²) in [4.78, 5) is 13.7. The highest BCUT2D eigenvalue weighted by atomic mass is 79.9. The molecule has 0 aromatic heterocycles. The number of hydrogen-bond acceptors (Lipinski definition) is 4. The number of halogens is 2. The second-order valence-corrected chi connectivity index (χ2v) is 8.49. The zero-order chi connectivity index (χ0) is 16.5. The molecule has 5 nitrogen and oxygen atoms in total. The SMILES string of the molecule is C[C@@H](Oc1ccc(Br)cc1F)C(=O)N(C)[C@@H]1CCS(=O)(=O)C1. The van der Waals surface area contributed by atoms with Crippen LogP contribution in [0.2, 0.25) is 0 Å². The molecule has 0 N–H and O–H groups in total. The van der Waals surface area contributed by atoms with Crippen LogP contribution >= 0.6 is 15.9 Å². The number of amides is 1. The van der Waals surface area contributed by atoms with Gasteiger partial charge in [0.2, 0.25) is 0 Å². The van der Waals surface area contributed by atoms with E-state index >= 15 is 0 Å². The standard InChI is InChI=1S/C14H17BrFNO4S/c1-9(21-13-4-3-10(15)7-12(13)16)14(18)17(2)11-5-6-22(19,20)8-11/h3-4,7,9,11H,5-6,8H2,1-2H3/t9-,11-/m1/s1. The van der Waals surface area contributed by atoms with Crippen LogP contribution in [0.5, 0.6) is 5.75 Å². The molecular weight excluding hydrogens is 377 g/mol. The largest absolute Gasteiger partial charge is 0.478 e. The van der Waals surface area contributed by atoms with Crippen molar-refractivity contribution < 1.29 is 22.3 Å². The van der Waals surface area contributed by atoms with Crippen molar-refractivity contribution in [3.05, 3.63) is 28.5 Å². The number of rotatable bonds is 4. The van der Waals surface area contributed by atoms with Crippen molar-refractivity contribution >= 4 is 31.7 Å². The van der Waals surface area contributed by atoms with Crippen molar-refractivity contribution in [1.82, 2.24) is 4.90 Å². The van der Waals surface area contributed by atoms with Crippen molar-refractivity contribution in [2.24, 2.45) is 0 Å². The second kappa shape index (κ2) is 6.54. The molecule has 0 spiro atoms. The second-order valence-electron chi connectivity index (χ2n) is 5.34. The summed E-state index contributed by atoms with van der Waals surface area (Å²) in [6.07, 6.45) is -0.479. The average molecular weight is 394 g/mol. The van der Waals surface area contributed by atoms with Crippen LogP contribution in [-0.2, 0) is 14.6 Å². The van der Waals surface area contributed by atoms with E-state index in [1.165, 1.54) is 24.0 Å². The summed E-state index contributed by atoms with van der Waals surface area (Å²) in [5, 5.41) is 0. The molecule has 0 saturated carbocycles. The maximum atomic E-state index is 13.7. The fourth-order valence-corrected chi connectivity index (χ4v) is 4.47. The fourth-order valence-electron chi connectivity index (χ4n) is 2.36. The number of hydrogen-bond donors (Lipinski definition) is 0. The number of benzene rings is 1. The van der Waals surface area contributed by atoms with Gasteiger partial charge in [0, 0.05) is 17.6 Å². The van der Waals surface area contributed by atoms with Crippen LogP contribution in [0.1, 0.15) is 13.3 Å². The molecule has 1 saturated heterocycles. The highest BCUT2D eigenvalue weighted by Gasteiger charge is 2.34. The van der Waals surface area contributed by atoms with Gasteiger partial charge in [-0.05, 0) is 31.5 Å². The molecule has 122 valence electrons. The van der Waals surface area contributed by atoms with Crippen molar-refractivity contribution in [2.45, 2.75) is 25.5 Å². The maximum absolute atomic E-state index is 13.7. The number of ether oxygens (including phenoxy) is 1. The van der Waals surface area contributed by atoms with E-state index in [9.17, 15) is 17.6 Å². The van der Waals surface area contributed by atoms with E-state index in [-0.39, 0.29) is 29.2 Å². The number of carbonyl (C=O) groups excluding carboxylic acids is 1. The monoisotopic (exact) mass is 393 g/mol. The Balaban J connectivity index is 2.02. The van der Waals surface area contributed by atoms with Crippen molar-refractivity contribution in [1.29, 1.82) is 0 Å². The van der Waals surface area contributed by atoms with E-state index in [0.717, 1.165) is 0 Å². The Bertz CT molecular complexity index is 679. The van der Waals surface area contributed by atoms with Crippen LogP contribution in [0.25, 0.3) is 0 Å². The molecule has 0 bridgehead atoms. The van der Waals surface area contributed by atoms with Gasteiger partial charge in [0.15, 0.2) is 27.5 Å². The number of nitrogens with zero attached hydrogens (tertiary/aromatic N) is 1.